The maximum Gasteiger partial charge on any atom is 0.0794 e. The van der Waals surface area contributed by atoms with Gasteiger partial charge in [0.25, 0.3) is 0 Å². The lowest BCUT2D eigenvalue weighted by molar-refractivity contribution is 0.582. The van der Waals surface area contributed by atoms with E-state index in [0.29, 0.717) is 6.17 Å². The molecule has 2 heterocycles. The molecular formula is C10H17Cl2N3. The van der Waals surface area contributed by atoms with E-state index in [9.17, 15) is 0 Å². The van der Waals surface area contributed by atoms with Gasteiger partial charge in [0, 0.05) is 12.7 Å². The van der Waals surface area contributed by atoms with Crippen molar-refractivity contribution in [2.75, 3.05) is 18.5 Å². The van der Waals surface area contributed by atoms with Crippen LogP contribution in [0.4, 0.5) is 5.69 Å². The second-order valence-electron chi connectivity index (χ2n) is 3.35. The summed E-state index contributed by atoms with van der Waals surface area (Å²) >= 11 is 0. The van der Waals surface area contributed by atoms with E-state index in [4.69, 9.17) is 0 Å². The van der Waals surface area contributed by atoms with Crippen LogP contribution in [0.2, 0.25) is 0 Å². The Labute approximate surface area is 103 Å². The SMILES string of the molecule is CNC1CCCN1c1cccnc1.Cl.Cl. The number of hydrogen-bond donors (Lipinski definition) is 1. The van der Waals surface area contributed by atoms with E-state index < -0.39 is 0 Å². The average molecular weight is 250 g/mol. The monoisotopic (exact) mass is 249 g/mol. The first-order valence-electron chi connectivity index (χ1n) is 4.76. The molecule has 0 amide bonds. The normalized spacial score (nSPS) is 19.3. The number of pyridine rings is 1. The van der Waals surface area contributed by atoms with Gasteiger partial charge in [0.15, 0.2) is 0 Å². The van der Waals surface area contributed by atoms with Gasteiger partial charge in [0.1, 0.15) is 0 Å². The highest BCUT2D eigenvalue weighted by atomic mass is 35.5. The number of anilines is 1. The molecule has 0 spiro atoms. The van der Waals surface area contributed by atoms with Gasteiger partial charge in [0.2, 0.25) is 0 Å². The molecule has 1 unspecified atom stereocenters. The fourth-order valence-corrected chi connectivity index (χ4v) is 1.90. The van der Waals surface area contributed by atoms with E-state index in [2.05, 4.69) is 21.3 Å². The summed E-state index contributed by atoms with van der Waals surface area (Å²) in [6, 6.07) is 4.10. The highest BCUT2D eigenvalue weighted by molar-refractivity contribution is 5.85. The predicted molar refractivity (Wildman–Crippen MR) is 68.2 cm³/mol. The Bertz CT molecular complexity index is 269. The van der Waals surface area contributed by atoms with Gasteiger partial charge in [-0.25, -0.2) is 0 Å². The van der Waals surface area contributed by atoms with E-state index in [0.717, 1.165) is 6.54 Å². The largest absolute Gasteiger partial charge is 0.355 e. The molecule has 1 N–H and O–H groups in total. The molecule has 1 aromatic heterocycles. The summed E-state index contributed by atoms with van der Waals surface area (Å²) in [6.45, 7) is 1.14. The number of aromatic nitrogens is 1. The molecule has 1 aliphatic heterocycles. The van der Waals surface area contributed by atoms with Crippen LogP contribution in [0.15, 0.2) is 24.5 Å². The van der Waals surface area contributed by atoms with Gasteiger partial charge in [-0.15, -0.1) is 24.8 Å². The number of halogens is 2. The van der Waals surface area contributed by atoms with Crippen molar-refractivity contribution < 1.29 is 0 Å². The lowest BCUT2D eigenvalue weighted by Crippen LogP contribution is -2.39. The van der Waals surface area contributed by atoms with E-state index in [-0.39, 0.29) is 24.8 Å². The minimum atomic E-state index is 0. The van der Waals surface area contributed by atoms with Crippen LogP contribution < -0.4 is 10.2 Å². The Hall–Kier alpha value is -0.510. The number of nitrogens with one attached hydrogen (secondary N) is 1. The molecule has 1 fully saturated rings. The van der Waals surface area contributed by atoms with Crippen LogP contribution in [0.5, 0.6) is 0 Å². The first kappa shape index (κ1) is 14.5. The number of hydrogen-bond acceptors (Lipinski definition) is 3. The highest BCUT2D eigenvalue weighted by Gasteiger charge is 2.22. The molecule has 1 saturated heterocycles. The Kier molecular flexibility index (Phi) is 6.65. The molecule has 1 atom stereocenters. The molecule has 3 nitrogen and oxygen atoms in total. The molecule has 5 heteroatoms. The first-order chi connectivity index (χ1) is 6.42. The Morgan fingerprint density at radius 3 is 2.87 bits per heavy atom. The van der Waals surface area contributed by atoms with Gasteiger partial charge >= 0.3 is 0 Å². The van der Waals surface area contributed by atoms with Gasteiger partial charge in [-0.1, -0.05) is 0 Å². The first-order valence-corrected chi connectivity index (χ1v) is 4.76. The van der Waals surface area contributed by atoms with Crippen molar-refractivity contribution >= 4 is 30.5 Å². The number of nitrogens with zero attached hydrogens (tertiary/aromatic N) is 2. The van der Waals surface area contributed by atoms with Crippen LogP contribution in [-0.4, -0.2) is 24.7 Å². The predicted octanol–water partition coefficient (Wildman–Crippen LogP) is 2.07. The Morgan fingerprint density at radius 1 is 1.47 bits per heavy atom. The second kappa shape index (κ2) is 6.88. The third-order valence-electron chi connectivity index (χ3n) is 2.56. The van der Waals surface area contributed by atoms with E-state index in [1.165, 1.54) is 18.5 Å². The zero-order valence-corrected chi connectivity index (χ0v) is 10.4. The van der Waals surface area contributed by atoms with Crippen LogP contribution >= 0.6 is 24.8 Å². The highest BCUT2D eigenvalue weighted by Crippen LogP contribution is 2.22. The zero-order valence-electron chi connectivity index (χ0n) is 8.72. The minimum Gasteiger partial charge on any atom is -0.355 e. The van der Waals surface area contributed by atoms with Crippen LogP contribution in [0.25, 0.3) is 0 Å². The zero-order chi connectivity index (χ0) is 9.10. The summed E-state index contributed by atoms with van der Waals surface area (Å²) in [5.41, 5.74) is 1.22. The van der Waals surface area contributed by atoms with E-state index in [1.807, 2.05) is 25.5 Å². The summed E-state index contributed by atoms with van der Waals surface area (Å²) in [7, 11) is 2.01. The lowest BCUT2D eigenvalue weighted by atomic mass is 10.3. The molecule has 0 aromatic carbocycles. The van der Waals surface area contributed by atoms with Crippen molar-refractivity contribution in [1.82, 2.24) is 10.3 Å². The van der Waals surface area contributed by atoms with Crippen molar-refractivity contribution in [2.45, 2.75) is 19.0 Å². The summed E-state index contributed by atoms with van der Waals surface area (Å²) in [6.07, 6.45) is 6.72. The molecule has 0 aliphatic carbocycles. The average Bonchev–Trinajstić information content (AvgIpc) is 2.67. The van der Waals surface area contributed by atoms with Crippen molar-refractivity contribution in [3.8, 4) is 0 Å². The van der Waals surface area contributed by atoms with Crippen molar-refractivity contribution in [3.63, 3.8) is 0 Å². The number of rotatable bonds is 2. The minimum absolute atomic E-state index is 0. The molecule has 0 radical (unpaired) electrons. The standard InChI is InChI=1S/C10H15N3.2ClH/c1-11-10-5-3-7-13(10)9-4-2-6-12-8-9;;/h2,4,6,8,10-11H,3,5,7H2,1H3;2*1H. The third-order valence-corrected chi connectivity index (χ3v) is 2.56. The third kappa shape index (κ3) is 3.23. The summed E-state index contributed by atoms with van der Waals surface area (Å²) in [4.78, 5) is 6.50. The summed E-state index contributed by atoms with van der Waals surface area (Å²) in [5.74, 6) is 0. The van der Waals surface area contributed by atoms with Gasteiger partial charge in [-0.2, -0.15) is 0 Å². The summed E-state index contributed by atoms with van der Waals surface area (Å²) < 4.78 is 0. The Morgan fingerprint density at radius 2 is 2.27 bits per heavy atom. The van der Waals surface area contributed by atoms with Gasteiger partial charge in [-0.05, 0) is 32.0 Å². The topological polar surface area (TPSA) is 28.2 Å². The molecule has 2 rings (SSSR count). The van der Waals surface area contributed by atoms with E-state index in [1.54, 1.807) is 0 Å². The molecule has 15 heavy (non-hydrogen) atoms. The molecule has 1 aliphatic rings. The molecule has 1 aromatic rings. The van der Waals surface area contributed by atoms with Gasteiger partial charge in [-0.3, -0.25) is 4.98 Å². The summed E-state index contributed by atoms with van der Waals surface area (Å²) in [5, 5.41) is 3.31. The molecular weight excluding hydrogens is 233 g/mol. The Balaban J connectivity index is 0.000000980. The van der Waals surface area contributed by atoms with Crippen molar-refractivity contribution in [2.24, 2.45) is 0 Å². The van der Waals surface area contributed by atoms with Crippen LogP contribution in [0.3, 0.4) is 0 Å². The van der Waals surface area contributed by atoms with Gasteiger partial charge < -0.3 is 10.2 Å². The van der Waals surface area contributed by atoms with Crippen molar-refractivity contribution in [1.29, 1.82) is 0 Å². The fourth-order valence-electron chi connectivity index (χ4n) is 1.90. The van der Waals surface area contributed by atoms with Crippen LogP contribution in [0.1, 0.15) is 12.8 Å². The lowest BCUT2D eigenvalue weighted by Gasteiger charge is -2.25. The van der Waals surface area contributed by atoms with Crippen LogP contribution in [0, 0.1) is 0 Å². The van der Waals surface area contributed by atoms with Gasteiger partial charge in [0.05, 0.1) is 18.1 Å². The van der Waals surface area contributed by atoms with Crippen molar-refractivity contribution in [3.05, 3.63) is 24.5 Å². The fraction of sp³-hybridized carbons (Fsp3) is 0.500. The second-order valence-corrected chi connectivity index (χ2v) is 3.35. The van der Waals surface area contributed by atoms with E-state index >= 15 is 0 Å². The quantitative estimate of drug-likeness (QED) is 0.870. The molecule has 0 saturated carbocycles. The van der Waals surface area contributed by atoms with Crippen LogP contribution in [-0.2, 0) is 0 Å². The molecule has 86 valence electrons. The maximum absolute atomic E-state index is 4.13. The molecule has 0 bridgehead atoms. The maximum atomic E-state index is 4.13. The smallest absolute Gasteiger partial charge is 0.0794 e.